The van der Waals surface area contributed by atoms with E-state index >= 15 is 0 Å². The number of hydrogen-bond acceptors (Lipinski definition) is 2. The Morgan fingerprint density at radius 3 is 1.78 bits per heavy atom. The molecule has 44 valence electrons. The van der Waals surface area contributed by atoms with Crippen LogP contribution in [0.15, 0.2) is 34.3 Å². The zero-order valence-electron chi connectivity index (χ0n) is 4.86. The number of nitrogens with zero attached hydrogens (tertiary/aromatic N) is 2. The van der Waals surface area contributed by atoms with Crippen molar-refractivity contribution in [3.05, 3.63) is 24.3 Å². The number of allylic oxidation sites excluding steroid dienone is 2. The first-order chi connectivity index (χ1) is 4.41. The minimum absolute atomic E-state index is 0.333. The zero-order valence-corrected chi connectivity index (χ0v) is 4.86. The molecule has 0 radical (unpaired) electrons. The van der Waals surface area contributed by atoms with E-state index in [1.807, 2.05) is 24.3 Å². The zero-order chi connectivity index (χ0) is 6.16. The Morgan fingerprint density at radius 2 is 1.44 bits per heavy atom. The summed E-state index contributed by atoms with van der Waals surface area (Å²) < 4.78 is 0. The van der Waals surface area contributed by atoms with Crippen molar-refractivity contribution < 1.29 is 0 Å². The van der Waals surface area contributed by atoms with Gasteiger partial charge < -0.3 is 0 Å². The first-order valence-corrected chi connectivity index (χ1v) is 2.87. The highest BCUT2D eigenvalue weighted by molar-refractivity contribution is 5.81. The Labute approximate surface area is 53.3 Å². The normalized spacial score (nSPS) is 24.9. The molecule has 0 aromatic carbocycles. The maximum Gasteiger partial charge on any atom is 0.188 e. The summed E-state index contributed by atoms with van der Waals surface area (Å²) in [6.45, 7) is 0. The van der Waals surface area contributed by atoms with Crippen LogP contribution in [-0.4, -0.2) is 18.1 Å². The molecule has 1 spiro atoms. The minimum Gasteiger partial charge on any atom is -0.255 e. The third kappa shape index (κ3) is 0.560. The highest BCUT2D eigenvalue weighted by Crippen LogP contribution is 2.22. The molecule has 9 heavy (non-hydrogen) atoms. The quantitative estimate of drug-likeness (QED) is 0.452. The average molecular weight is 118 g/mol. The van der Waals surface area contributed by atoms with Crippen LogP contribution in [0.5, 0.6) is 0 Å². The fourth-order valence-corrected chi connectivity index (χ4v) is 0.955. The molecule has 0 saturated heterocycles. The Hall–Kier alpha value is -1.18. The van der Waals surface area contributed by atoms with Crippen molar-refractivity contribution in [2.24, 2.45) is 9.98 Å². The van der Waals surface area contributed by atoms with Gasteiger partial charge in [-0.3, -0.25) is 9.98 Å². The van der Waals surface area contributed by atoms with Gasteiger partial charge in [-0.1, -0.05) is 0 Å². The largest absolute Gasteiger partial charge is 0.255 e. The molecule has 2 aliphatic rings. The van der Waals surface area contributed by atoms with Gasteiger partial charge in [0.1, 0.15) is 0 Å². The topological polar surface area (TPSA) is 24.7 Å². The van der Waals surface area contributed by atoms with Crippen molar-refractivity contribution in [2.75, 3.05) is 0 Å². The second-order valence-electron chi connectivity index (χ2n) is 2.06. The SMILES string of the molecule is C1=CC2(C=CC=N2)N=C1. The molecule has 0 N–H and O–H groups in total. The lowest BCUT2D eigenvalue weighted by Crippen LogP contribution is -2.10. The Bertz CT molecular complexity index is 180. The van der Waals surface area contributed by atoms with Gasteiger partial charge >= 0.3 is 0 Å². The third-order valence-corrected chi connectivity index (χ3v) is 1.42. The van der Waals surface area contributed by atoms with Gasteiger partial charge in [0, 0.05) is 12.4 Å². The molecular weight excluding hydrogens is 112 g/mol. The van der Waals surface area contributed by atoms with E-state index in [2.05, 4.69) is 9.98 Å². The van der Waals surface area contributed by atoms with Crippen LogP contribution in [-0.2, 0) is 0 Å². The van der Waals surface area contributed by atoms with Crippen molar-refractivity contribution in [1.29, 1.82) is 0 Å². The van der Waals surface area contributed by atoms with Crippen molar-refractivity contribution in [3.63, 3.8) is 0 Å². The van der Waals surface area contributed by atoms with E-state index in [-0.39, 0.29) is 5.66 Å². The molecule has 0 amide bonds. The van der Waals surface area contributed by atoms with Gasteiger partial charge in [-0.25, -0.2) is 0 Å². The maximum absolute atomic E-state index is 4.15. The Kier molecular flexibility index (Phi) is 0.730. The Morgan fingerprint density at radius 1 is 0.889 bits per heavy atom. The van der Waals surface area contributed by atoms with Crippen LogP contribution in [0.1, 0.15) is 0 Å². The summed E-state index contributed by atoms with van der Waals surface area (Å²) >= 11 is 0. The van der Waals surface area contributed by atoms with E-state index in [1.165, 1.54) is 0 Å². The van der Waals surface area contributed by atoms with E-state index in [0.29, 0.717) is 0 Å². The molecule has 0 unspecified atom stereocenters. The van der Waals surface area contributed by atoms with E-state index < -0.39 is 0 Å². The lowest BCUT2D eigenvalue weighted by atomic mass is 10.2. The fourth-order valence-electron chi connectivity index (χ4n) is 0.955. The van der Waals surface area contributed by atoms with Gasteiger partial charge in [0.15, 0.2) is 5.66 Å². The predicted molar refractivity (Wildman–Crippen MR) is 38.0 cm³/mol. The summed E-state index contributed by atoms with van der Waals surface area (Å²) in [5.41, 5.74) is -0.333. The molecule has 0 aromatic rings. The predicted octanol–water partition coefficient (Wildman–Crippen LogP) is 0.964. The van der Waals surface area contributed by atoms with Crippen LogP contribution in [0.3, 0.4) is 0 Å². The van der Waals surface area contributed by atoms with Crippen molar-refractivity contribution in [1.82, 2.24) is 0 Å². The number of rotatable bonds is 0. The van der Waals surface area contributed by atoms with E-state index in [1.54, 1.807) is 12.4 Å². The highest BCUT2D eigenvalue weighted by Gasteiger charge is 2.23. The summed E-state index contributed by atoms with van der Waals surface area (Å²) in [7, 11) is 0. The molecule has 2 nitrogen and oxygen atoms in total. The Balaban J connectivity index is 2.46. The second kappa shape index (κ2) is 1.41. The average Bonchev–Trinajstić information content (AvgIpc) is 2.45. The van der Waals surface area contributed by atoms with Crippen molar-refractivity contribution in [2.45, 2.75) is 5.66 Å². The summed E-state index contributed by atoms with van der Waals surface area (Å²) in [5.74, 6) is 0. The first kappa shape index (κ1) is 4.68. The molecule has 2 rings (SSSR count). The van der Waals surface area contributed by atoms with E-state index in [0.717, 1.165) is 0 Å². The van der Waals surface area contributed by atoms with Crippen LogP contribution >= 0.6 is 0 Å². The summed E-state index contributed by atoms with van der Waals surface area (Å²) in [4.78, 5) is 8.29. The number of aliphatic imine (C=N–C) groups is 2. The highest BCUT2D eigenvalue weighted by atomic mass is 15.1. The lowest BCUT2D eigenvalue weighted by molar-refractivity contribution is 0.731. The molecule has 2 heteroatoms. The fraction of sp³-hybridized carbons (Fsp3) is 0.143. The molecule has 2 aliphatic heterocycles. The van der Waals surface area contributed by atoms with Gasteiger partial charge in [0.25, 0.3) is 0 Å². The van der Waals surface area contributed by atoms with E-state index in [4.69, 9.17) is 0 Å². The minimum atomic E-state index is -0.333. The van der Waals surface area contributed by atoms with Crippen LogP contribution in [0.2, 0.25) is 0 Å². The molecule has 0 aliphatic carbocycles. The molecule has 0 aromatic heterocycles. The lowest BCUT2D eigenvalue weighted by Gasteiger charge is -2.08. The standard InChI is InChI=1S/C7H6N2/c1-3-7(8-5-1)4-2-6-9-7/h1-6H. The van der Waals surface area contributed by atoms with E-state index in [9.17, 15) is 0 Å². The molecule has 2 heterocycles. The number of hydrogen-bond donors (Lipinski definition) is 0. The summed E-state index contributed by atoms with van der Waals surface area (Å²) in [6.07, 6.45) is 11.3. The smallest absolute Gasteiger partial charge is 0.188 e. The summed E-state index contributed by atoms with van der Waals surface area (Å²) in [6, 6.07) is 0. The molecule has 0 saturated carbocycles. The monoisotopic (exact) mass is 118 g/mol. The van der Waals surface area contributed by atoms with Crippen LogP contribution in [0.25, 0.3) is 0 Å². The molecule has 0 fully saturated rings. The van der Waals surface area contributed by atoms with Crippen LogP contribution in [0, 0.1) is 0 Å². The van der Waals surface area contributed by atoms with Gasteiger partial charge in [-0.05, 0) is 24.3 Å². The summed E-state index contributed by atoms with van der Waals surface area (Å²) in [5, 5.41) is 0. The molecule has 0 atom stereocenters. The van der Waals surface area contributed by atoms with Crippen molar-refractivity contribution in [3.8, 4) is 0 Å². The van der Waals surface area contributed by atoms with Gasteiger partial charge in [-0.15, -0.1) is 0 Å². The van der Waals surface area contributed by atoms with Gasteiger partial charge in [0.05, 0.1) is 0 Å². The molecule has 0 bridgehead atoms. The first-order valence-electron chi connectivity index (χ1n) is 2.87. The third-order valence-electron chi connectivity index (χ3n) is 1.42. The van der Waals surface area contributed by atoms with Gasteiger partial charge in [-0.2, -0.15) is 0 Å². The van der Waals surface area contributed by atoms with Crippen LogP contribution < -0.4 is 0 Å². The van der Waals surface area contributed by atoms with Crippen LogP contribution in [0.4, 0.5) is 0 Å². The maximum atomic E-state index is 4.15. The van der Waals surface area contributed by atoms with Gasteiger partial charge in [0.2, 0.25) is 0 Å². The molecular formula is C7H6N2. The second-order valence-corrected chi connectivity index (χ2v) is 2.06. The van der Waals surface area contributed by atoms with Crippen molar-refractivity contribution >= 4 is 12.4 Å².